The van der Waals surface area contributed by atoms with Crippen molar-refractivity contribution in [1.29, 1.82) is 0 Å². The summed E-state index contributed by atoms with van der Waals surface area (Å²) < 4.78 is 10.9. The van der Waals surface area contributed by atoms with Gasteiger partial charge in [-0.25, -0.2) is 0 Å². The summed E-state index contributed by atoms with van der Waals surface area (Å²) in [6, 6.07) is 7.32. The number of hydrogen-bond donors (Lipinski definition) is 1. The average molecular weight is 259 g/mol. The van der Waals surface area contributed by atoms with Gasteiger partial charge in [0.05, 0.1) is 12.8 Å². The summed E-state index contributed by atoms with van der Waals surface area (Å²) in [5.41, 5.74) is 8.50. The van der Waals surface area contributed by atoms with Gasteiger partial charge < -0.3 is 15.2 Å². The summed E-state index contributed by atoms with van der Waals surface area (Å²) in [6.07, 6.45) is 0. The summed E-state index contributed by atoms with van der Waals surface area (Å²) in [6.45, 7) is 4.23. The molecule has 2 N–H and O–H groups in total. The molecule has 0 saturated heterocycles. The van der Waals surface area contributed by atoms with Crippen LogP contribution in [0, 0.1) is 13.8 Å². The molecule has 0 fully saturated rings. The van der Waals surface area contributed by atoms with E-state index in [-0.39, 0.29) is 0 Å². The monoisotopic (exact) mass is 259 g/mol. The number of aryl methyl sites for hydroxylation is 1. The Balaban J connectivity index is 2.35. The first-order chi connectivity index (χ1) is 9.15. The number of aromatic nitrogens is 2. The van der Waals surface area contributed by atoms with Gasteiger partial charge in [0.1, 0.15) is 11.5 Å². The van der Waals surface area contributed by atoms with E-state index in [9.17, 15) is 0 Å². The standard InChI is InChI=1S/C14H17N3O2/c1-9-10(2)16-17-14(13(9)8-15)19-12-6-4-5-11(7-12)18-3/h4-7H,8,15H2,1-3H3. The average Bonchev–Trinajstić information content (AvgIpc) is 2.43. The third-order valence-electron chi connectivity index (χ3n) is 3.00. The summed E-state index contributed by atoms with van der Waals surface area (Å²) in [4.78, 5) is 0. The molecule has 0 saturated carbocycles. The number of benzene rings is 1. The van der Waals surface area contributed by atoms with Crippen LogP contribution in [-0.4, -0.2) is 17.3 Å². The van der Waals surface area contributed by atoms with Crippen LogP contribution in [0.5, 0.6) is 17.4 Å². The van der Waals surface area contributed by atoms with E-state index in [4.69, 9.17) is 15.2 Å². The van der Waals surface area contributed by atoms with Gasteiger partial charge in [0.2, 0.25) is 5.88 Å². The van der Waals surface area contributed by atoms with Gasteiger partial charge in [-0.15, -0.1) is 5.10 Å². The van der Waals surface area contributed by atoms with Crippen LogP contribution >= 0.6 is 0 Å². The molecule has 2 aromatic rings. The van der Waals surface area contributed by atoms with E-state index in [1.54, 1.807) is 13.2 Å². The molecule has 5 heteroatoms. The van der Waals surface area contributed by atoms with Gasteiger partial charge in [0.25, 0.3) is 0 Å². The highest BCUT2D eigenvalue weighted by Crippen LogP contribution is 2.27. The largest absolute Gasteiger partial charge is 0.497 e. The van der Waals surface area contributed by atoms with Crippen LogP contribution in [-0.2, 0) is 6.54 Å². The minimum Gasteiger partial charge on any atom is -0.497 e. The number of nitrogens with zero attached hydrogens (tertiary/aromatic N) is 2. The Bertz CT molecular complexity index is 585. The first-order valence-corrected chi connectivity index (χ1v) is 6.00. The van der Waals surface area contributed by atoms with Crippen molar-refractivity contribution in [3.8, 4) is 17.4 Å². The molecule has 0 spiro atoms. The minimum atomic E-state index is 0.363. The lowest BCUT2D eigenvalue weighted by molar-refractivity contribution is 0.405. The molecule has 19 heavy (non-hydrogen) atoms. The zero-order valence-electron chi connectivity index (χ0n) is 11.3. The highest BCUT2D eigenvalue weighted by molar-refractivity contribution is 5.40. The van der Waals surface area contributed by atoms with Crippen LogP contribution in [0.3, 0.4) is 0 Å². The molecule has 0 amide bonds. The van der Waals surface area contributed by atoms with E-state index in [1.165, 1.54) is 0 Å². The zero-order valence-corrected chi connectivity index (χ0v) is 11.3. The smallest absolute Gasteiger partial charge is 0.243 e. The molecule has 1 aromatic carbocycles. The fourth-order valence-electron chi connectivity index (χ4n) is 1.73. The van der Waals surface area contributed by atoms with E-state index in [1.807, 2.05) is 32.0 Å². The van der Waals surface area contributed by atoms with Crippen molar-refractivity contribution >= 4 is 0 Å². The molecule has 100 valence electrons. The lowest BCUT2D eigenvalue weighted by Gasteiger charge is -2.12. The molecule has 0 aliphatic rings. The predicted molar refractivity (Wildman–Crippen MR) is 72.5 cm³/mol. The van der Waals surface area contributed by atoms with Gasteiger partial charge in [0.15, 0.2) is 0 Å². The van der Waals surface area contributed by atoms with Crippen molar-refractivity contribution in [2.75, 3.05) is 7.11 Å². The van der Waals surface area contributed by atoms with Crippen LogP contribution in [0.15, 0.2) is 24.3 Å². The summed E-state index contributed by atoms with van der Waals surface area (Å²) >= 11 is 0. The zero-order chi connectivity index (χ0) is 13.8. The molecule has 1 aromatic heterocycles. The molecule has 0 unspecified atom stereocenters. The lowest BCUT2D eigenvalue weighted by atomic mass is 10.1. The first kappa shape index (κ1) is 13.3. The van der Waals surface area contributed by atoms with E-state index in [0.717, 1.165) is 22.6 Å². The molecular formula is C14H17N3O2. The van der Waals surface area contributed by atoms with Crippen molar-refractivity contribution < 1.29 is 9.47 Å². The van der Waals surface area contributed by atoms with Gasteiger partial charge in [-0.1, -0.05) is 6.07 Å². The van der Waals surface area contributed by atoms with Crippen molar-refractivity contribution in [3.63, 3.8) is 0 Å². The van der Waals surface area contributed by atoms with Crippen molar-refractivity contribution in [3.05, 3.63) is 41.1 Å². The Kier molecular flexibility index (Phi) is 3.97. The van der Waals surface area contributed by atoms with E-state index in [0.29, 0.717) is 18.2 Å². The van der Waals surface area contributed by atoms with E-state index < -0.39 is 0 Å². The van der Waals surface area contributed by atoms with Crippen LogP contribution < -0.4 is 15.2 Å². The van der Waals surface area contributed by atoms with Gasteiger partial charge in [-0.3, -0.25) is 0 Å². The maximum absolute atomic E-state index is 5.76. The Morgan fingerprint density at radius 1 is 1.16 bits per heavy atom. The summed E-state index contributed by atoms with van der Waals surface area (Å²) in [5, 5.41) is 8.13. The van der Waals surface area contributed by atoms with Crippen molar-refractivity contribution in [1.82, 2.24) is 10.2 Å². The molecule has 0 aliphatic carbocycles. The van der Waals surface area contributed by atoms with Gasteiger partial charge in [0, 0.05) is 18.2 Å². The molecule has 0 radical (unpaired) electrons. The summed E-state index contributed by atoms with van der Waals surface area (Å²) in [7, 11) is 1.61. The predicted octanol–water partition coefficient (Wildman–Crippen LogP) is 2.35. The fraction of sp³-hybridized carbons (Fsp3) is 0.286. The number of methoxy groups -OCH3 is 1. The second kappa shape index (κ2) is 5.67. The molecule has 0 bridgehead atoms. The molecule has 0 aliphatic heterocycles. The molecule has 5 nitrogen and oxygen atoms in total. The fourth-order valence-corrected chi connectivity index (χ4v) is 1.73. The lowest BCUT2D eigenvalue weighted by Crippen LogP contribution is -2.07. The molecular weight excluding hydrogens is 242 g/mol. The molecule has 0 atom stereocenters. The second-order valence-corrected chi connectivity index (χ2v) is 4.18. The Morgan fingerprint density at radius 3 is 2.58 bits per heavy atom. The Morgan fingerprint density at radius 2 is 1.89 bits per heavy atom. The third kappa shape index (κ3) is 2.82. The first-order valence-electron chi connectivity index (χ1n) is 6.00. The van der Waals surface area contributed by atoms with Crippen LogP contribution in [0.4, 0.5) is 0 Å². The minimum absolute atomic E-state index is 0.363. The SMILES string of the molecule is COc1cccc(Oc2nnc(C)c(C)c2CN)c1. The van der Waals surface area contributed by atoms with Crippen LogP contribution in [0.25, 0.3) is 0 Å². The number of nitrogens with two attached hydrogens (primary N) is 1. The van der Waals surface area contributed by atoms with Crippen molar-refractivity contribution in [2.24, 2.45) is 5.73 Å². The normalized spacial score (nSPS) is 10.3. The van der Waals surface area contributed by atoms with Crippen LogP contribution in [0.1, 0.15) is 16.8 Å². The third-order valence-corrected chi connectivity index (χ3v) is 3.00. The van der Waals surface area contributed by atoms with Crippen LogP contribution in [0.2, 0.25) is 0 Å². The number of hydrogen-bond acceptors (Lipinski definition) is 5. The highest BCUT2D eigenvalue weighted by Gasteiger charge is 2.12. The Hall–Kier alpha value is -2.14. The van der Waals surface area contributed by atoms with E-state index >= 15 is 0 Å². The number of ether oxygens (including phenoxy) is 2. The summed E-state index contributed by atoms with van der Waals surface area (Å²) in [5.74, 6) is 1.81. The second-order valence-electron chi connectivity index (χ2n) is 4.18. The van der Waals surface area contributed by atoms with Gasteiger partial charge in [-0.05, 0) is 31.5 Å². The van der Waals surface area contributed by atoms with Gasteiger partial charge >= 0.3 is 0 Å². The quantitative estimate of drug-likeness (QED) is 0.912. The number of rotatable bonds is 4. The van der Waals surface area contributed by atoms with Crippen molar-refractivity contribution in [2.45, 2.75) is 20.4 Å². The topological polar surface area (TPSA) is 70.3 Å². The van der Waals surface area contributed by atoms with Gasteiger partial charge in [-0.2, -0.15) is 5.10 Å². The molecule has 1 heterocycles. The Labute approximate surface area is 112 Å². The molecule has 2 rings (SSSR count). The highest BCUT2D eigenvalue weighted by atomic mass is 16.5. The van der Waals surface area contributed by atoms with E-state index in [2.05, 4.69) is 10.2 Å². The maximum Gasteiger partial charge on any atom is 0.243 e. The maximum atomic E-state index is 5.76.